The molecule has 0 saturated carbocycles. The number of carbonyl (C=O) groups is 1. The van der Waals surface area contributed by atoms with E-state index in [-0.39, 0.29) is 12.0 Å². The van der Waals surface area contributed by atoms with Crippen LogP contribution in [-0.2, 0) is 13.0 Å². The summed E-state index contributed by atoms with van der Waals surface area (Å²) in [6.45, 7) is 3.79. The molecule has 0 aliphatic carbocycles. The second-order valence-corrected chi connectivity index (χ2v) is 8.31. The van der Waals surface area contributed by atoms with Gasteiger partial charge < -0.3 is 15.0 Å². The van der Waals surface area contributed by atoms with Crippen molar-refractivity contribution in [2.24, 2.45) is 0 Å². The van der Waals surface area contributed by atoms with E-state index >= 15 is 0 Å². The average Bonchev–Trinajstić information content (AvgIpc) is 2.85. The summed E-state index contributed by atoms with van der Waals surface area (Å²) in [7, 11) is 0. The van der Waals surface area contributed by atoms with Crippen molar-refractivity contribution in [1.82, 2.24) is 15.2 Å². The van der Waals surface area contributed by atoms with Crippen molar-refractivity contribution in [2.45, 2.75) is 38.3 Å². The Hall–Kier alpha value is -3.18. The zero-order chi connectivity index (χ0) is 22.0. The van der Waals surface area contributed by atoms with E-state index in [2.05, 4.69) is 45.5 Å². The van der Waals surface area contributed by atoms with Crippen molar-refractivity contribution in [2.75, 3.05) is 19.6 Å². The Morgan fingerprint density at radius 1 is 0.938 bits per heavy atom. The number of carbonyl (C=O) groups excluding carboxylic acids is 1. The largest absolute Gasteiger partial charge is 0.490 e. The second kappa shape index (κ2) is 11.4. The smallest absolute Gasteiger partial charge is 0.251 e. The fraction of sp³-hybridized carbons (Fsp3) is 0.333. The summed E-state index contributed by atoms with van der Waals surface area (Å²) in [6.07, 6.45) is 8.11. The molecule has 3 aromatic rings. The number of rotatable bonds is 9. The van der Waals surface area contributed by atoms with Crippen LogP contribution in [0.15, 0.2) is 79.1 Å². The Labute approximate surface area is 190 Å². The Bertz CT molecular complexity index is 953. The number of amides is 1. The number of benzene rings is 2. The van der Waals surface area contributed by atoms with Crippen molar-refractivity contribution in [1.29, 1.82) is 0 Å². The lowest BCUT2D eigenvalue weighted by molar-refractivity contribution is 0.0950. The van der Waals surface area contributed by atoms with Crippen molar-refractivity contribution in [3.63, 3.8) is 0 Å². The molecule has 4 rings (SSSR count). The monoisotopic (exact) mass is 429 g/mol. The van der Waals surface area contributed by atoms with Crippen LogP contribution in [0.4, 0.5) is 0 Å². The number of nitrogens with zero attached hydrogens (tertiary/aromatic N) is 2. The molecule has 2 aromatic carbocycles. The van der Waals surface area contributed by atoms with E-state index in [0.717, 1.165) is 50.2 Å². The molecule has 32 heavy (non-hydrogen) atoms. The lowest BCUT2D eigenvalue weighted by Crippen LogP contribution is -2.38. The third kappa shape index (κ3) is 6.66. The van der Waals surface area contributed by atoms with Gasteiger partial charge in [-0.1, -0.05) is 30.3 Å². The minimum atomic E-state index is -0.0860. The number of hydrogen-bond acceptors (Lipinski definition) is 4. The number of aromatic nitrogens is 1. The van der Waals surface area contributed by atoms with Gasteiger partial charge in [0.1, 0.15) is 11.9 Å². The van der Waals surface area contributed by atoms with E-state index in [1.165, 1.54) is 12.0 Å². The molecule has 1 aliphatic rings. The number of aryl methyl sites for hydroxylation is 1. The molecule has 1 saturated heterocycles. The molecule has 5 nitrogen and oxygen atoms in total. The summed E-state index contributed by atoms with van der Waals surface area (Å²) < 4.78 is 6.18. The van der Waals surface area contributed by atoms with E-state index in [1.807, 2.05) is 36.4 Å². The molecular formula is C27H31N3O2. The molecule has 0 atom stereocenters. The minimum absolute atomic E-state index is 0.0860. The van der Waals surface area contributed by atoms with Crippen molar-refractivity contribution in [3.8, 4) is 5.75 Å². The molecule has 1 aliphatic heterocycles. The highest BCUT2D eigenvalue weighted by Gasteiger charge is 2.20. The number of hydrogen-bond donors (Lipinski definition) is 1. The van der Waals surface area contributed by atoms with Gasteiger partial charge in [0.2, 0.25) is 0 Å². The molecule has 1 aromatic heterocycles. The van der Waals surface area contributed by atoms with Gasteiger partial charge in [-0.2, -0.15) is 0 Å². The summed E-state index contributed by atoms with van der Waals surface area (Å²) in [5, 5.41) is 2.93. The third-order valence-corrected chi connectivity index (χ3v) is 5.94. The van der Waals surface area contributed by atoms with Gasteiger partial charge >= 0.3 is 0 Å². The molecule has 0 radical (unpaired) electrons. The molecule has 1 N–H and O–H groups in total. The Kier molecular flexibility index (Phi) is 7.88. The number of ether oxygens (including phenoxy) is 1. The van der Waals surface area contributed by atoms with Gasteiger partial charge in [0, 0.05) is 37.6 Å². The van der Waals surface area contributed by atoms with Crippen molar-refractivity contribution < 1.29 is 9.53 Å². The highest BCUT2D eigenvalue weighted by molar-refractivity contribution is 5.94. The normalized spacial score (nSPS) is 14.8. The molecule has 1 amide bonds. The Balaban J connectivity index is 1.16. The lowest BCUT2D eigenvalue weighted by Gasteiger charge is -2.32. The van der Waals surface area contributed by atoms with Gasteiger partial charge in [0.15, 0.2) is 0 Å². The minimum Gasteiger partial charge on any atom is -0.490 e. The molecule has 166 valence electrons. The molecule has 0 bridgehead atoms. The van der Waals surface area contributed by atoms with Gasteiger partial charge in [-0.05, 0) is 79.8 Å². The Morgan fingerprint density at radius 2 is 1.66 bits per heavy atom. The van der Waals surface area contributed by atoms with Crippen LogP contribution >= 0.6 is 0 Å². The molecule has 2 heterocycles. The summed E-state index contributed by atoms with van der Waals surface area (Å²) in [4.78, 5) is 18.9. The van der Waals surface area contributed by atoms with Crippen LogP contribution in [0.5, 0.6) is 5.75 Å². The molecule has 0 unspecified atom stereocenters. The number of nitrogens with one attached hydrogen (secondary N) is 1. The van der Waals surface area contributed by atoms with Gasteiger partial charge in [0.25, 0.3) is 5.91 Å². The second-order valence-electron chi connectivity index (χ2n) is 8.31. The SMILES string of the molecule is O=C(NCc1ccncc1)c1ccc(OC2CCN(CCCc3ccccc3)CC2)cc1. The summed E-state index contributed by atoms with van der Waals surface area (Å²) >= 11 is 0. The molecule has 5 heteroatoms. The van der Waals surface area contributed by atoms with E-state index in [9.17, 15) is 4.79 Å². The zero-order valence-corrected chi connectivity index (χ0v) is 18.5. The maximum atomic E-state index is 12.4. The maximum Gasteiger partial charge on any atom is 0.251 e. The maximum absolute atomic E-state index is 12.4. The Morgan fingerprint density at radius 3 is 2.38 bits per heavy atom. The summed E-state index contributed by atoms with van der Waals surface area (Å²) in [5.41, 5.74) is 3.08. The van der Waals surface area contributed by atoms with Crippen LogP contribution in [0.1, 0.15) is 40.7 Å². The van der Waals surface area contributed by atoms with E-state index < -0.39 is 0 Å². The van der Waals surface area contributed by atoms with Crippen LogP contribution in [-0.4, -0.2) is 41.5 Å². The van der Waals surface area contributed by atoms with Crippen LogP contribution in [0.3, 0.4) is 0 Å². The highest BCUT2D eigenvalue weighted by Crippen LogP contribution is 2.20. The fourth-order valence-electron chi connectivity index (χ4n) is 4.06. The summed E-state index contributed by atoms with van der Waals surface area (Å²) in [5.74, 6) is 0.746. The third-order valence-electron chi connectivity index (χ3n) is 5.94. The van der Waals surface area contributed by atoms with Crippen molar-refractivity contribution in [3.05, 3.63) is 95.8 Å². The van der Waals surface area contributed by atoms with Gasteiger partial charge in [-0.3, -0.25) is 9.78 Å². The first-order chi connectivity index (χ1) is 15.8. The van der Waals surface area contributed by atoms with Crippen LogP contribution in [0.2, 0.25) is 0 Å². The first kappa shape index (κ1) is 22.0. The van der Waals surface area contributed by atoms with Crippen LogP contribution in [0.25, 0.3) is 0 Å². The number of likely N-dealkylation sites (tertiary alicyclic amines) is 1. The van der Waals surface area contributed by atoms with E-state index in [4.69, 9.17) is 4.74 Å². The average molecular weight is 430 g/mol. The predicted octanol–water partition coefficient (Wildman–Crippen LogP) is 4.49. The standard InChI is InChI=1S/C27H31N3O2/c31-27(29-21-23-12-16-28-17-13-23)24-8-10-25(11-9-24)32-26-14-19-30(20-15-26)18-4-7-22-5-2-1-3-6-22/h1-3,5-6,8-13,16-17,26H,4,7,14-15,18-21H2,(H,29,31). The molecule has 1 fully saturated rings. The quantitative estimate of drug-likeness (QED) is 0.545. The first-order valence-corrected chi connectivity index (χ1v) is 11.5. The summed E-state index contributed by atoms with van der Waals surface area (Å²) in [6, 6.07) is 21.9. The lowest BCUT2D eigenvalue weighted by atomic mass is 10.1. The fourth-order valence-corrected chi connectivity index (χ4v) is 4.06. The predicted molar refractivity (Wildman–Crippen MR) is 127 cm³/mol. The van der Waals surface area contributed by atoms with Crippen molar-refractivity contribution >= 4 is 5.91 Å². The van der Waals surface area contributed by atoms with Gasteiger partial charge in [-0.25, -0.2) is 0 Å². The zero-order valence-electron chi connectivity index (χ0n) is 18.5. The first-order valence-electron chi connectivity index (χ1n) is 11.5. The van der Waals surface area contributed by atoms with Gasteiger partial charge in [0.05, 0.1) is 0 Å². The number of pyridine rings is 1. The molecule has 0 spiro atoms. The number of piperidine rings is 1. The van der Waals surface area contributed by atoms with Crippen LogP contribution < -0.4 is 10.1 Å². The van der Waals surface area contributed by atoms with Gasteiger partial charge in [-0.15, -0.1) is 0 Å². The van der Waals surface area contributed by atoms with E-state index in [0.29, 0.717) is 12.1 Å². The van der Waals surface area contributed by atoms with E-state index in [1.54, 1.807) is 12.4 Å². The highest BCUT2D eigenvalue weighted by atomic mass is 16.5. The molecular weight excluding hydrogens is 398 g/mol. The van der Waals surface area contributed by atoms with Crippen LogP contribution in [0, 0.1) is 0 Å². The topological polar surface area (TPSA) is 54.5 Å².